The predicted molar refractivity (Wildman–Crippen MR) is 115 cm³/mol. The standard InChI is InChI=1S/C20H22Cl2N2O4S/c1-4-29(27,28)15-8-6-14(7-9-15)23-20(26)18(12(2)3)24-19(25)16-10-5-13(21)11-17(16)22/h5-12,18H,4H2,1-3H3,(H,23,26)(H,24,25)/t18-/m0/s1. The molecule has 0 aliphatic carbocycles. The zero-order chi connectivity index (χ0) is 21.8. The molecule has 2 aromatic carbocycles. The first-order valence-electron chi connectivity index (χ1n) is 8.94. The van der Waals surface area contributed by atoms with Crippen molar-refractivity contribution in [1.29, 1.82) is 0 Å². The Balaban J connectivity index is 2.14. The molecule has 0 radical (unpaired) electrons. The third kappa shape index (κ3) is 5.95. The zero-order valence-electron chi connectivity index (χ0n) is 16.2. The molecular formula is C20H22Cl2N2O4S. The van der Waals surface area contributed by atoms with Gasteiger partial charge in [0, 0.05) is 10.7 Å². The maximum Gasteiger partial charge on any atom is 0.253 e. The molecule has 2 rings (SSSR count). The minimum absolute atomic E-state index is 0.00653. The summed E-state index contributed by atoms with van der Waals surface area (Å²) in [6.45, 7) is 5.16. The zero-order valence-corrected chi connectivity index (χ0v) is 18.5. The van der Waals surface area contributed by atoms with E-state index in [2.05, 4.69) is 10.6 Å². The van der Waals surface area contributed by atoms with E-state index in [4.69, 9.17) is 23.2 Å². The van der Waals surface area contributed by atoms with Crippen LogP contribution in [0.5, 0.6) is 0 Å². The molecule has 2 N–H and O–H groups in total. The van der Waals surface area contributed by atoms with E-state index in [1.54, 1.807) is 26.8 Å². The van der Waals surface area contributed by atoms with Gasteiger partial charge in [-0.15, -0.1) is 0 Å². The van der Waals surface area contributed by atoms with Crippen molar-refractivity contribution in [2.45, 2.75) is 31.7 Å². The summed E-state index contributed by atoms with van der Waals surface area (Å²) >= 11 is 11.9. The maximum atomic E-state index is 12.7. The molecule has 1 atom stereocenters. The lowest BCUT2D eigenvalue weighted by Gasteiger charge is -2.22. The van der Waals surface area contributed by atoms with Crippen LogP contribution in [0.15, 0.2) is 47.4 Å². The Kier molecular flexibility index (Phi) is 7.68. The molecule has 0 aliphatic heterocycles. The number of nitrogens with one attached hydrogen (secondary N) is 2. The number of hydrogen-bond acceptors (Lipinski definition) is 4. The van der Waals surface area contributed by atoms with Gasteiger partial charge >= 0.3 is 0 Å². The smallest absolute Gasteiger partial charge is 0.253 e. The van der Waals surface area contributed by atoms with Gasteiger partial charge < -0.3 is 10.6 Å². The molecule has 0 spiro atoms. The first kappa shape index (κ1) is 23.2. The van der Waals surface area contributed by atoms with Crippen LogP contribution >= 0.6 is 23.2 Å². The van der Waals surface area contributed by atoms with Crippen molar-refractivity contribution >= 4 is 50.5 Å². The summed E-state index contributed by atoms with van der Waals surface area (Å²) in [5.41, 5.74) is 0.637. The molecule has 2 amide bonds. The molecule has 0 fully saturated rings. The average molecular weight is 457 g/mol. The Morgan fingerprint density at radius 2 is 1.66 bits per heavy atom. The van der Waals surface area contributed by atoms with E-state index >= 15 is 0 Å². The Hall–Kier alpha value is -2.09. The van der Waals surface area contributed by atoms with Gasteiger partial charge in [-0.2, -0.15) is 0 Å². The van der Waals surface area contributed by atoms with Gasteiger partial charge in [-0.05, 0) is 48.4 Å². The van der Waals surface area contributed by atoms with E-state index in [0.717, 1.165) is 0 Å². The second-order valence-corrected chi connectivity index (χ2v) is 9.86. The summed E-state index contributed by atoms with van der Waals surface area (Å²) in [5, 5.41) is 5.97. The Labute approximate surface area is 180 Å². The molecule has 0 aromatic heterocycles. The van der Waals surface area contributed by atoms with Crippen molar-refractivity contribution in [2.75, 3.05) is 11.1 Å². The van der Waals surface area contributed by atoms with Crippen LogP contribution in [-0.4, -0.2) is 32.0 Å². The first-order chi connectivity index (χ1) is 13.5. The molecule has 0 bridgehead atoms. The summed E-state index contributed by atoms with van der Waals surface area (Å²) < 4.78 is 23.8. The topological polar surface area (TPSA) is 92.3 Å². The molecule has 2 aromatic rings. The van der Waals surface area contributed by atoms with Crippen molar-refractivity contribution in [2.24, 2.45) is 5.92 Å². The van der Waals surface area contributed by atoms with Crippen LogP contribution in [-0.2, 0) is 14.6 Å². The Morgan fingerprint density at radius 1 is 1.03 bits per heavy atom. The van der Waals surface area contributed by atoms with Crippen molar-refractivity contribution in [3.63, 3.8) is 0 Å². The van der Waals surface area contributed by atoms with Crippen LogP contribution in [0.3, 0.4) is 0 Å². The normalized spacial score (nSPS) is 12.5. The predicted octanol–water partition coefficient (Wildman–Crippen LogP) is 4.18. The summed E-state index contributed by atoms with van der Waals surface area (Å²) in [6.07, 6.45) is 0. The third-order valence-corrected chi connectivity index (χ3v) is 6.57. The number of hydrogen-bond donors (Lipinski definition) is 2. The van der Waals surface area contributed by atoms with Crippen molar-refractivity contribution in [3.8, 4) is 0 Å². The SMILES string of the molecule is CCS(=O)(=O)c1ccc(NC(=O)[C@@H](NC(=O)c2ccc(Cl)cc2Cl)C(C)C)cc1. The summed E-state index contributed by atoms with van der Waals surface area (Å²) in [5.74, 6) is -1.13. The quantitative estimate of drug-likeness (QED) is 0.653. The largest absolute Gasteiger partial charge is 0.340 e. The molecule has 0 saturated heterocycles. The highest BCUT2D eigenvalue weighted by molar-refractivity contribution is 7.91. The van der Waals surface area contributed by atoms with E-state index in [1.165, 1.54) is 36.4 Å². The molecule has 29 heavy (non-hydrogen) atoms. The lowest BCUT2D eigenvalue weighted by Crippen LogP contribution is -2.47. The van der Waals surface area contributed by atoms with Crippen molar-refractivity contribution in [3.05, 3.63) is 58.1 Å². The summed E-state index contributed by atoms with van der Waals surface area (Å²) in [7, 11) is -3.32. The van der Waals surface area contributed by atoms with Gasteiger partial charge in [0.2, 0.25) is 5.91 Å². The monoisotopic (exact) mass is 456 g/mol. The molecular weight excluding hydrogens is 435 g/mol. The number of carbonyl (C=O) groups excluding carboxylic acids is 2. The molecule has 0 heterocycles. The Morgan fingerprint density at radius 3 is 2.17 bits per heavy atom. The summed E-state index contributed by atoms with van der Waals surface area (Å²) in [4.78, 5) is 25.4. The van der Waals surface area contributed by atoms with Gasteiger partial charge in [0.25, 0.3) is 5.91 Å². The van der Waals surface area contributed by atoms with Crippen LogP contribution < -0.4 is 10.6 Å². The van der Waals surface area contributed by atoms with Gasteiger partial charge in [-0.3, -0.25) is 9.59 Å². The van der Waals surface area contributed by atoms with Gasteiger partial charge in [0.1, 0.15) is 6.04 Å². The second kappa shape index (κ2) is 9.61. The van der Waals surface area contributed by atoms with E-state index in [-0.39, 0.29) is 27.2 Å². The minimum Gasteiger partial charge on any atom is -0.340 e. The highest BCUT2D eigenvalue weighted by atomic mass is 35.5. The number of rotatable bonds is 7. The fraction of sp³-hybridized carbons (Fsp3) is 0.300. The number of sulfone groups is 1. The molecule has 6 nitrogen and oxygen atoms in total. The van der Waals surface area contributed by atoms with Crippen molar-refractivity contribution < 1.29 is 18.0 Å². The van der Waals surface area contributed by atoms with E-state index in [1.807, 2.05) is 0 Å². The minimum atomic E-state index is -3.32. The molecule has 156 valence electrons. The van der Waals surface area contributed by atoms with Gasteiger partial charge in [-0.1, -0.05) is 44.0 Å². The number of anilines is 1. The van der Waals surface area contributed by atoms with Gasteiger partial charge in [0.15, 0.2) is 9.84 Å². The number of benzene rings is 2. The van der Waals surface area contributed by atoms with Crippen LogP contribution in [0.25, 0.3) is 0 Å². The fourth-order valence-corrected chi connectivity index (χ4v) is 3.94. The van der Waals surface area contributed by atoms with E-state index < -0.39 is 27.7 Å². The molecule has 9 heteroatoms. The van der Waals surface area contributed by atoms with Crippen LogP contribution in [0, 0.1) is 5.92 Å². The third-order valence-electron chi connectivity index (χ3n) is 4.27. The highest BCUT2D eigenvalue weighted by Crippen LogP contribution is 2.21. The van der Waals surface area contributed by atoms with Crippen molar-refractivity contribution in [1.82, 2.24) is 5.32 Å². The molecule has 0 unspecified atom stereocenters. The highest BCUT2D eigenvalue weighted by Gasteiger charge is 2.26. The van der Waals surface area contributed by atoms with Crippen LogP contribution in [0.4, 0.5) is 5.69 Å². The lowest BCUT2D eigenvalue weighted by molar-refractivity contribution is -0.118. The van der Waals surface area contributed by atoms with Crippen LogP contribution in [0.1, 0.15) is 31.1 Å². The number of carbonyl (C=O) groups is 2. The van der Waals surface area contributed by atoms with Gasteiger partial charge in [-0.25, -0.2) is 8.42 Å². The number of halogens is 2. The van der Waals surface area contributed by atoms with Gasteiger partial charge in [0.05, 0.1) is 21.2 Å². The average Bonchev–Trinajstić information content (AvgIpc) is 2.66. The fourth-order valence-electron chi connectivity index (χ4n) is 2.56. The maximum absolute atomic E-state index is 12.7. The molecule has 0 saturated carbocycles. The van der Waals surface area contributed by atoms with E-state index in [0.29, 0.717) is 10.7 Å². The number of amides is 2. The second-order valence-electron chi connectivity index (χ2n) is 6.74. The first-order valence-corrected chi connectivity index (χ1v) is 11.4. The molecule has 0 aliphatic rings. The van der Waals surface area contributed by atoms with Crippen LogP contribution in [0.2, 0.25) is 10.0 Å². The summed E-state index contributed by atoms with van der Waals surface area (Å²) in [6, 6.07) is 9.55. The van der Waals surface area contributed by atoms with E-state index in [9.17, 15) is 18.0 Å². The Bertz CT molecular complexity index is 1010. The lowest BCUT2D eigenvalue weighted by atomic mass is 10.0.